The summed E-state index contributed by atoms with van der Waals surface area (Å²) in [4.78, 5) is 12.3. The Morgan fingerprint density at radius 3 is 1.38 bits per heavy atom. The first-order chi connectivity index (χ1) is 31.1. The van der Waals surface area contributed by atoms with Gasteiger partial charge in [-0.15, -0.1) is 0 Å². The van der Waals surface area contributed by atoms with Gasteiger partial charge < -0.3 is 65.1 Å². The van der Waals surface area contributed by atoms with Gasteiger partial charge in [0.2, 0.25) is 5.91 Å². The van der Waals surface area contributed by atoms with E-state index in [9.17, 15) is 45.6 Å². The smallest absolute Gasteiger partial charge is 0.220 e. The van der Waals surface area contributed by atoms with Crippen LogP contribution in [0.4, 0.5) is 0 Å². The van der Waals surface area contributed by atoms with Gasteiger partial charge in [0.25, 0.3) is 0 Å². The van der Waals surface area contributed by atoms with E-state index in [1.807, 2.05) is 6.08 Å². The van der Waals surface area contributed by atoms with Crippen LogP contribution in [0.2, 0.25) is 0 Å². The largest absolute Gasteiger partial charge is 0.394 e. The number of ether oxygens (including phenoxy) is 4. The van der Waals surface area contributed by atoms with E-state index >= 15 is 0 Å². The Kier molecular flexibility index (Phi) is 34.7. The molecule has 2 fully saturated rings. The molecule has 0 aromatic heterocycles. The number of unbranched alkanes of at least 4 members (excludes halogenated alkanes) is 28. The van der Waals surface area contributed by atoms with Crippen molar-refractivity contribution in [2.75, 3.05) is 19.8 Å². The molecule has 0 bridgehead atoms. The molecule has 0 saturated carbocycles. The molecule has 0 radical (unpaired) electrons. The van der Waals surface area contributed by atoms with Crippen LogP contribution in [0.15, 0.2) is 12.2 Å². The molecule has 2 aliphatic rings. The number of hydrogen-bond donors (Lipinski definition) is 9. The van der Waals surface area contributed by atoms with Crippen molar-refractivity contribution >= 4 is 5.91 Å². The van der Waals surface area contributed by atoms with E-state index in [1.165, 1.54) is 167 Å². The Bertz CT molecular complexity index is 1130. The fourth-order valence-corrected chi connectivity index (χ4v) is 8.73. The van der Waals surface area contributed by atoms with Crippen LogP contribution >= 0.6 is 0 Å². The molecule has 14 heteroatoms. The van der Waals surface area contributed by atoms with Gasteiger partial charge in [0, 0.05) is 6.42 Å². The van der Waals surface area contributed by atoms with E-state index in [-0.39, 0.29) is 18.9 Å². The van der Waals surface area contributed by atoms with Crippen molar-refractivity contribution in [2.45, 2.75) is 280 Å². The van der Waals surface area contributed by atoms with Crippen molar-refractivity contribution in [1.82, 2.24) is 5.32 Å². The molecule has 12 atom stereocenters. The summed E-state index contributed by atoms with van der Waals surface area (Å²) in [6.07, 6.45) is 25.6. The Hall–Kier alpha value is -1.27. The van der Waals surface area contributed by atoms with Gasteiger partial charge in [-0.2, -0.15) is 0 Å². The minimum Gasteiger partial charge on any atom is -0.394 e. The van der Waals surface area contributed by atoms with Crippen LogP contribution in [0.5, 0.6) is 0 Å². The second kappa shape index (κ2) is 37.7. The molecule has 0 aliphatic carbocycles. The summed E-state index contributed by atoms with van der Waals surface area (Å²) >= 11 is 0. The molecule has 1 amide bonds. The van der Waals surface area contributed by atoms with Crippen LogP contribution in [0.1, 0.15) is 206 Å². The summed E-state index contributed by atoms with van der Waals surface area (Å²) in [7, 11) is 0. The molecule has 0 aromatic carbocycles. The lowest BCUT2D eigenvalue weighted by Gasteiger charge is -2.46. The second-order valence-corrected chi connectivity index (χ2v) is 18.6. The number of allylic oxidation sites excluding steroid dienone is 1. The summed E-state index contributed by atoms with van der Waals surface area (Å²) in [5.74, 6) is -0.326. The lowest BCUT2D eigenvalue weighted by Crippen LogP contribution is -2.65. The predicted molar refractivity (Wildman–Crippen MR) is 249 cm³/mol. The van der Waals surface area contributed by atoms with E-state index in [0.29, 0.717) is 0 Å². The number of aliphatic hydroxyl groups is 8. The Morgan fingerprint density at radius 2 is 0.953 bits per heavy atom. The fraction of sp³-hybridized carbons (Fsp3) is 0.940. The SMILES string of the molecule is CCCCCCCCCCCCCCCCCCCCCCCCCCCCCC/C=C/C(O)C(COC1OC(CO)C(OC2OC(CO)C(O)C(O)C2O)C(O)C1O)NC(=O)CC. The molecule has 378 valence electrons. The average molecular weight is 918 g/mol. The summed E-state index contributed by atoms with van der Waals surface area (Å²) in [6, 6.07) is -0.907. The van der Waals surface area contributed by atoms with Gasteiger partial charge in [0.05, 0.1) is 32.0 Å². The monoisotopic (exact) mass is 918 g/mol. The third kappa shape index (κ3) is 24.7. The van der Waals surface area contributed by atoms with Crippen LogP contribution in [0.3, 0.4) is 0 Å². The molecule has 14 nitrogen and oxygen atoms in total. The van der Waals surface area contributed by atoms with E-state index in [0.717, 1.165) is 19.3 Å². The standard InChI is InChI=1S/C50H95NO13/c1-3-5-6-7-8-9-10-11-12-13-14-15-16-17-18-19-20-21-22-23-24-25-26-27-28-29-30-31-32-33-34-39(54)38(51-42(55)4-2)37-61-49-47(60)45(58)48(41(36-53)63-49)64-50-46(59)44(57)43(56)40(35-52)62-50/h33-34,38-41,43-50,52-54,56-60H,3-32,35-37H2,1-2H3,(H,51,55)/b34-33+. The van der Waals surface area contributed by atoms with Crippen LogP contribution in [-0.2, 0) is 23.7 Å². The number of amides is 1. The van der Waals surface area contributed by atoms with Crippen LogP contribution in [-0.4, -0.2) is 140 Å². The molecule has 2 aliphatic heterocycles. The summed E-state index contributed by atoms with van der Waals surface area (Å²) < 4.78 is 22.3. The zero-order valence-electron chi connectivity index (χ0n) is 40.0. The number of carbonyl (C=O) groups is 1. The van der Waals surface area contributed by atoms with Crippen LogP contribution in [0, 0.1) is 0 Å². The van der Waals surface area contributed by atoms with Crippen LogP contribution < -0.4 is 5.32 Å². The van der Waals surface area contributed by atoms with Crippen molar-refractivity contribution in [1.29, 1.82) is 0 Å². The molecule has 0 spiro atoms. The van der Waals surface area contributed by atoms with E-state index in [2.05, 4.69) is 12.2 Å². The number of rotatable bonds is 40. The molecule has 12 unspecified atom stereocenters. The lowest BCUT2D eigenvalue weighted by molar-refractivity contribution is -0.359. The van der Waals surface area contributed by atoms with Crippen molar-refractivity contribution in [2.24, 2.45) is 0 Å². The van der Waals surface area contributed by atoms with Gasteiger partial charge in [0.1, 0.15) is 48.8 Å². The molecule has 9 N–H and O–H groups in total. The predicted octanol–water partition coefficient (Wildman–Crippen LogP) is 6.77. The van der Waals surface area contributed by atoms with Gasteiger partial charge in [-0.1, -0.05) is 199 Å². The number of carbonyl (C=O) groups excluding carboxylic acids is 1. The highest BCUT2D eigenvalue weighted by Gasteiger charge is 2.51. The van der Waals surface area contributed by atoms with Gasteiger partial charge >= 0.3 is 0 Å². The maximum atomic E-state index is 12.3. The molecule has 64 heavy (non-hydrogen) atoms. The molecule has 2 rings (SSSR count). The van der Waals surface area contributed by atoms with Crippen LogP contribution in [0.25, 0.3) is 0 Å². The average Bonchev–Trinajstić information content (AvgIpc) is 3.30. The second-order valence-electron chi connectivity index (χ2n) is 18.6. The van der Waals surface area contributed by atoms with Gasteiger partial charge in [-0.25, -0.2) is 0 Å². The maximum absolute atomic E-state index is 12.3. The summed E-state index contributed by atoms with van der Waals surface area (Å²) in [6.45, 7) is 2.24. The lowest BCUT2D eigenvalue weighted by atomic mass is 9.97. The third-order valence-corrected chi connectivity index (χ3v) is 13.0. The highest BCUT2D eigenvalue weighted by atomic mass is 16.7. The van der Waals surface area contributed by atoms with Crippen molar-refractivity contribution < 1.29 is 64.6 Å². The third-order valence-electron chi connectivity index (χ3n) is 13.0. The minimum absolute atomic E-state index is 0.164. The Balaban J connectivity index is 1.50. The van der Waals surface area contributed by atoms with Gasteiger partial charge in [-0.3, -0.25) is 4.79 Å². The zero-order chi connectivity index (χ0) is 46.8. The fourth-order valence-electron chi connectivity index (χ4n) is 8.73. The molecule has 0 aromatic rings. The van der Waals surface area contributed by atoms with Crippen molar-refractivity contribution in [3.63, 3.8) is 0 Å². The normalized spacial score (nSPS) is 27.3. The zero-order valence-corrected chi connectivity index (χ0v) is 40.0. The highest BCUT2D eigenvalue weighted by molar-refractivity contribution is 5.75. The topological polar surface area (TPSA) is 228 Å². The first-order valence-corrected chi connectivity index (χ1v) is 25.9. The van der Waals surface area contributed by atoms with Crippen molar-refractivity contribution in [3.05, 3.63) is 12.2 Å². The first kappa shape index (κ1) is 58.9. The molecular formula is C50H95NO13. The summed E-state index contributed by atoms with van der Waals surface area (Å²) in [5, 5.41) is 85.4. The number of aliphatic hydroxyl groups excluding tert-OH is 8. The van der Waals surface area contributed by atoms with E-state index in [1.54, 1.807) is 13.0 Å². The summed E-state index contributed by atoms with van der Waals surface area (Å²) in [5.41, 5.74) is 0. The Labute approximate surface area is 386 Å². The minimum atomic E-state index is -1.78. The van der Waals surface area contributed by atoms with Gasteiger partial charge in [-0.05, 0) is 12.8 Å². The number of nitrogens with one attached hydrogen (secondary N) is 1. The highest BCUT2D eigenvalue weighted by Crippen LogP contribution is 2.30. The van der Waals surface area contributed by atoms with Crippen molar-refractivity contribution in [3.8, 4) is 0 Å². The molecule has 2 saturated heterocycles. The van der Waals surface area contributed by atoms with E-state index in [4.69, 9.17) is 18.9 Å². The van der Waals surface area contributed by atoms with Gasteiger partial charge in [0.15, 0.2) is 12.6 Å². The number of hydrogen-bond acceptors (Lipinski definition) is 13. The maximum Gasteiger partial charge on any atom is 0.220 e. The van der Waals surface area contributed by atoms with E-state index < -0.39 is 86.8 Å². The molecular weight excluding hydrogens is 823 g/mol. The quantitative estimate of drug-likeness (QED) is 0.0229. The first-order valence-electron chi connectivity index (χ1n) is 25.9. The molecule has 2 heterocycles. The Morgan fingerprint density at radius 1 is 0.547 bits per heavy atom.